The van der Waals surface area contributed by atoms with Gasteiger partial charge in [0.2, 0.25) is 0 Å². The Morgan fingerprint density at radius 1 is 1.37 bits per heavy atom. The fourth-order valence-corrected chi connectivity index (χ4v) is 3.10. The lowest BCUT2D eigenvalue weighted by atomic mass is 9.85. The maximum Gasteiger partial charge on any atom is 0.0572 e. The van der Waals surface area contributed by atoms with Crippen molar-refractivity contribution < 1.29 is 0 Å². The monoisotopic (exact) mass is 261 g/mol. The zero-order valence-corrected chi connectivity index (χ0v) is 12.5. The fraction of sp³-hybridized carbons (Fsp3) is 0.688. The predicted molar refractivity (Wildman–Crippen MR) is 81.3 cm³/mol. The first-order chi connectivity index (χ1) is 9.13. The lowest BCUT2D eigenvalue weighted by molar-refractivity contribution is 0.321. The third-order valence-corrected chi connectivity index (χ3v) is 4.56. The van der Waals surface area contributed by atoms with E-state index in [0.29, 0.717) is 6.04 Å². The number of hydrogen-bond acceptors (Lipinski definition) is 3. The molecule has 3 heteroatoms. The predicted octanol–water partition coefficient (Wildman–Crippen LogP) is 3.51. The van der Waals surface area contributed by atoms with E-state index in [1.165, 1.54) is 31.4 Å². The van der Waals surface area contributed by atoms with Crippen molar-refractivity contribution in [2.45, 2.75) is 58.0 Å². The zero-order chi connectivity index (χ0) is 13.8. The molecule has 0 saturated heterocycles. The Morgan fingerprint density at radius 3 is 2.68 bits per heavy atom. The molecular weight excluding hydrogens is 234 g/mol. The summed E-state index contributed by atoms with van der Waals surface area (Å²) >= 11 is 0. The molecule has 1 saturated carbocycles. The average molecular weight is 261 g/mol. The number of aromatic nitrogens is 1. The van der Waals surface area contributed by atoms with Crippen LogP contribution in [0.3, 0.4) is 0 Å². The van der Waals surface area contributed by atoms with Crippen LogP contribution in [0.15, 0.2) is 18.3 Å². The van der Waals surface area contributed by atoms with E-state index in [9.17, 15) is 0 Å². The lowest BCUT2D eigenvalue weighted by Crippen LogP contribution is -2.39. The van der Waals surface area contributed by atoms with Crippen LogP contribution in [0.2, 0.25) is 0 Å². The maximum absolute atomic E-state index is 6.01. The molecule has 1 fully saturated rings. The topological polar surface area (TPSA) is 42.1 Å². The molecule has 2 N–H and O–H groups in total. The van der Waals surface area contributed by atoms with E-state index < -0.39 is 0 Å². The number of nitrogens with two attached hydrogens (primary N) is 1. The molecule has 0 aromatic carbocycles. The van der Waals surface area contributed by atoms with Crippen molar-refractivity contribution in [1.82, 2.24) is 4.98 Å². The molecule has 0 amide bonds. The molecule has 2 unspecified atom stereocenters. The standard InChI is InChI=1S/C16H27N3/c1-4-14(17)15-10-9-13(11-18-15)19(3)16-8-6-5-7-12(16)2/h9-12,14,16H,4-8,17H2,1-3H3/t12?,14-,16?/m0/s1. The van der Waals surface area contributed by atoms with Gasteiger partial charge < -0.3 is 10.6 Å². The summed E-state index contributed by atoms with van der Waals surface area (Å²) in [5.74, 6) is 0.774. The van der Waals surface area contributed by atoms with Crippen LogP contribution < -0.4 is 10.6 Å². The summed E-state index contributed by atoms with van der Waals surface area (Å²) in [5.41, 5.74) is 8.22. The van der Waals surface area contributed by atoms with Crippen LogP contribution in [0.25, 0.3) is 0 Å². The van der Waals surface area contributed by atoms with Gasteiger partial charge >= 0.3 is 0 Å². The highest BCUT2D eigenvalue weighted by Gasteiger charge is 2.25. The van der Waals surface area contributed by atoms with E-state index in [1.807, 2.05) is 6.20 Å². The van der Waals surface area contributed by atoms with Gasteiger partial charge in [0.15, 0.2) is 0 Å². The molecule has 1 heterocycles. The van der Waals surface area contributed by atoms with E-state index >= 15 is 0 Å². The molecule has 3 atom stereocenters. The number of rotatable bonds is 4. The Bertz CT molecular complexity index is 387. The van der Waals surface area contributed by atoms with Crippen LogP contribution in [0.4, 0.5) is 5.69 Å². The highest BCUT2D eigenvalue weighted by atomic mass is 15.1. The molecule has 2 rings (SSSR count). The van der Waals surface area contributed by atoms with Crippen molar-refractivity contribution in [2.75, 3.05) is 11.9 Å². The molecule has 1 aromatic rings. The summed E-state index contributed by atoms with van der Waals surface area (Å²) in [6, 6.07) is 4.96. The molecule has 1 aromatic heterocycles. The number of nitrogens with zero attached hydrogens (tertiary/aromatic N) is 2. The van der Waals surface area contributed by atoms with E-state index in [-0.39, 0.29) is 6.04 Å². The van der Waals surface area contributed by atoms with E-state index in [0.717, 1.165) is 18.0 Å². The van der Waals surface area contributed by atoms with Crippen LogP contribution in [-0.2, 0) is 0 Å². The van der Waals surface area contributed by atoms with Gasteiger partial charge in [-0.3, -0.25) is 4.98 Å². The molecule has 0 radical (unpaired) electrons. The number of anilines is 1. The summed E-state index contributed by atoms with van der Waals surface area (Å²) in [5, 5.41) is 0. The third kappa shape index (κ3) is 3.27. The lowest BCUT2D eigenvalue weighted by Gasteiger charge is -2.37. The number of hydrogen-bond donors (Lipinski definition) is 1. The Hall–Kier alpha value is -1.09. The first kappa shape index (κ1) is 14.3. The van der Waals surface area contributed by atoms with Gasteiger partial charge in [-0.05, 0) is 37.3 Å². The van der Waals surface area contributed by atoms with Gasteiger partial charge in [-0.1, -0.05) is 26.7 Å². The van der Waals surface area contributed by atoms with Crippen molar-refractivity contribution in [3.63, 3.8) is 0 Å². The van der Waals surface area contributed by atoms with Crippen molar-refractivity contribution >= 4 is 5.69 Å². The molecule has 1 aliphatic rings. The Kier molecular flexibility index (Phi) is 4.81. The minimum absolute atomic E-state index is 0.0629. The summed E-state index contributed by atoms with van der Waals surface area (Å²) in [7, 11) is 2.20. The fourth-order valence-electron chi connectivity index (χ4n) is 3.10. The van der Waals surface area contributed by atoms with Crippen molar-refractivity contribution in [1.29, 1.82) is 0 Å². The minimum atomic E-state index is 0.0629. The van der Waals surface area contributed by atoms with Crippen LogP contribution >= 0.6 is 0 Å². The van der Waals surface area contributed by atoms with Gasteiger partial charge in [0, 0.05) is 19.1 Å². The Balaban J connectivity index is 2.08. The SMILES string of the molecule is CC[C@H](N)c1ccc(N(C)C2CCCCC2C)cn1. The minimum Gasteiger partial charge on any atom is -0.370 e. The summed E-state index contributed by atoms with van der Waals surface area (Å²) < 4.78 is 0. The molecule has 0 bridgehead atoms. The van der Waals surface area contributed by atoms with Crippen molar-refractivity contribution in [3.8, 4) is 0 Å². The van der Waals surface area contributed by atoms with Gasteiger partial charge in [-0.25, -0.2) is 0 Å². The first-order valence-electron chi connectivity index (χ1n) is 7.57. The summed E-state index contributed by atoms with van der Waals surface area (Å²) in [4.78, 5) is 6.92. The second-order valence-corrected chi connectivity index (χ2v) is 5.90. The average Bonchev–Trinajstić information content (AvgIpc) is 2.46. The molecule has 106 valence electrons. The third-order valence-electron chi connectivity index (χ3n) is 4.56. The summed E-state index contributed by atoms with van der Waals surface area (Å²) in [6.07, 6.45) is 8.29. The molecular formula is C16H27N3. The van der Waals surface area contributed by atoms with Crippen LogP contribution in [0.1, 0.15) is 57.7 Å². The van der Waals surface area contributed by atoms with Gasteiger partial charge in [0.25, 0.3) is 0 Å². The normalized spacial score (nSPS) is 25.1. The van der Waals surface area contributed by atoms with Gasteiger partial charge in [0.1, 0.15) is 0 Å². The van der Waals surface area contributed by atoms with E-state index in [4.69, 9.17) is 5.73 Å². The largest absolute Gasteiger partial charge is 0.370 e. The first-order valence-corrected chi connectivity index (χ1v) is 7.57. The van der Waals surface area contributed by atoms with Crippen LogP contribution in [0.5, 0.6) is 0 Å². The molecule has 1 aliphatic carbocycles. The van der Waals surface area contributed by atoms with E-state index in [2.05, 4.69) is 42.9 Å². The molecule has 3 nitrogen and oxygen atoms in total. The maximum atomic E-state index is 6.01. The van der Waals surface area contributed by atoms with Crippen molar-refractivity contribution in [2.24, 2.45) is 11.7 Å². The number of pyridine rings is 1. The highest BCUT2D eigenvalue weighted by molar-refractivity contribution is 5.45. The highest BCUT2D eigenvalue weighted by Crippen LogP contribution is 2.30. The van der Waals surface area contributed by atoms with Gasteiger partial charge in [0.05, 0.1) is 17.6 Å². The van der Waals surface area contributed by atoms with Crippen LogP contribution in [0, 0.1) is 5.92 Å². The van der Waals surface area contributed by atoms with Crippen molar-refractivity contribution in [3.05, 3.63) is 24.0 Å². The quantitative estimate of drug-likeness (QED) is 0.902. The Labute approximate surface area is 117 Å². The molecule has 0 spiro atoms. The second-order valence-electron chi connectivity index (χ2n) is 5.90. The molecule has 19 heavy (non-hydrogen) atoms. The van der Waals surface area contributed by atoms with Gasteiger partial charge in [-0.15, -0.1) is 0 Å². The van der Waals surface area contributed by atoms with Crippen LogP contribution in [-0.4, -0.2) is 18.1 Å². The zero-order valence-electron chi connectivity index (χ0n) is 12.5. The smallest absolute Gasteiger partial charge is 0.0572 e. The van der Waals surface area contributed by atoms with Gasteiger partial charge in [-0.2, -0.15) is 0 Å². The second kappa shape index (κ2) is 6.38. The molecule has 0 aliphatic heterocycles. The Morgan fingerprint density at radius 2 is 2.11 bits per heavy atom. The van der Waals surface area contributed by atoms with E-state index in [1.54, 1.807) is 0 Å². The summed E-state index contributed by atoms with van der Waals surface area (Å²) in [6.45, 7) is 4.46.